The number of carbonyl (C=O) groups is 1. The number of nitrogens with one attached hydrogen (secondary N) is 2. The van der Waals surface area contributed by atoms with E-state index in [1.807, 2.05) is 6.92 Å². The summed E-state index contributed by atoms with van der Waals surface area (Å²) in [7, 11) is -4.23. The lowest BCUT2D eigenvalue weighted by Gasteiger charge is -2.33. The predicted octanol–water partition coefficient (Wildman–Crippen LogP) is 4.61. The van der Waals surface area contributed by atoms with Gasteiger partial charge in [0.1, 0.15) is 17.4 Å². The molecule has 1 unspecified atom stereocenters. The minimum Gasteiger partial charge on any atom is -0.494 e. The number of pyridine rings is 2. The average molecular weight is 512 g/mol. The van der Waals surface area contributed by atoms with Crippen molar-refractivity contribution in [3.63, 3.8) is 0 Å². The van der Waals surface area contributed by atoms with E-state index < -0.39 is 15.9 Å². The van der Waals surface area contributed by atoms with E-state index in [0.717, 1.165) is 18.7 Å². The quantitative estimate of drug-likeness (QED) is 0.451. The second-order valence-corrected chi connectivity index (χ2v) is 11.1. The number of rotatable bonds is 8. The van der Waals surface area contributed by atoms with Crippen molar-refractivity contribution in [1.82, 2.24) is 14.7 Å². The summed E-state index contributed by atoms with van der Waals surface area (Å²) in [5.74, 6) is 1.20. The summed E-state index contributed by atoms with van der Waals surface area (Å²) in [6.45, 7) is 9.54. The van der Waals surface area contributed by atoms with E-state index in [1.54, 1.807) is 54.7 Å². The second-order valence-electron chi connectivity index (χ2n) is 9.48. The third-order valence-corrected chi connectivity index (χ3v) is 7.26. The van der Waals surface area contributed by atoms with Gasteiger partial charge in [-0.05, 0) is 81.6 Å². The van der Waals surface area contributed by atoms with Crippen molar-refractivity contribution in [3.05, 3.63) is 66.4 Å². The minimum absolute atomic E-state index is 0. The molecule has 9 nitrogen and oxygen atoms in total. The first-order valence-electron chi connectivity index (χ1n) is 11.9. The standard InChI is InChI=1S/C26H31N5O4S.H2/c1-5-35-20-13-11-19(12-14-20)28-22-9-6-10-23(29-22)36(33,34)30-25(32)21-8-7-15-27-24(21)31-17-18(2)16-26(31,3)4;/h6-15,18H,5,16-17H2,1-4H3,(H,28,29)(H,30,32);1H. The fraction of sp³-hybridized carbons (Fsp3) is 0.346. The molecule has 1 amide bonds. The summed E-state index contributed by atoms with van der Waals surface area (Å²) in [5.41, 5.74) is 0.711. The number of aromatic nitrogens is 2. The van der Waals surface area contributed by atoms with Crippen LogP contribution in [0.2, 0.25) is 0 Å². The lowest BCUT2D eigenvalue weighted by molar-refractivity contribution is 0.0981. The molecule has 3 heterocycles. The molecule has 0 saturated carbocycles. The molecule has 1 fully saturated rings. The van der Waals surface area contributed by atoms with E-state index in [-0.39, 0.29) is 17.6 Å². The van der Waals surface area contributed by atoms with Crippen LogP contribution in [-0.2, 0) is 10.0 Å². The first-order valence-corrected chi connectivity index (χ1v) is 13.3. The molecule has 1 aromatic carbocycles. The summed E-state index contributed by atoms with van der Waals surface area (Å²) in [5, 5.41) is 2.80. The van der Waals surface area contributed by atoms with Gasteiger partial charge in [0.05, 0.1) is 12.2 Å². The monoisotopic (exact) mass is 511 g/mol. The third-order valence-electron chi connectivity index (χ3n) is 6.02. The molecule has 4 rings (SSSR count). The van der Waals surface area contributed by atoms with Gasteiger partial charge in [-0.2, -0.15) is 8.42 Å². The zero-order chi connectivity index (χ0) is 25.9. The number of hydrogen-bond acceptors (Lipinski definition) is 8. The lowest BCUT2D eigenvalue weighted by Crippen LogP contribution is -2.41. The van der Waals surface area contributed by atoms with Crippen LogP contribution in [0, 0.1) is 5.92 Å². The number of benzene rings is 1. The molecular formula is C26H33N5O4S. The molecular weight excluding hydrogens is 478 g/mol. The van der Waals surface area contributed by atoms with E-state index in [2.05, 4.69) is 45.7 Å². The maximum Gasteiger partial charge on any atom is 0.281 e. The van der Waals surface area contributed by atoms with Crippen LogP contribution in [0.1, 0.15) is 45.9 Å². The Labute approximate surface area is 213 Å². The van der Waals surface area contributed by atoms with Gasteiger partial charge in [0.25, 0.3) is 15.9 Å². The topological polar surface area (TPSA) is 114 Å². The molecule has 36 heavy (non-hydrogen) atoms. The summed E-state index contributed by atoms with van der Waals surface area (Å²) in [6, 6.07) is 15.0. The van der Waals surface area contributed by atoms with Crippen LogP contribution in [0.3, 0.4) is 0 Å². The Morgan fingerprint density at radius 2 is 1.92 bits per heavy atom. The number of nitrogens with zero attached hydrogens (tertiary/aromatic N) is 3. The average Bonchev–Trinajstić information content (AvgIpc) is 3.12. The Morgan fingerprint density at radius 1 is 1.17 bits per heavy atom. The Hall–Kier alpha value is -3.66. The maximum absolute atomic E-state index is 13.2. The molecule has 192 valence electrons. The SMILES string of the molecule is CCOc1ccc(Nc2cccc(S(=O)(=O)NC(=O)c3cccnc3N3CC(C)CC3(C)C)n2)cc1.[HH]. The van der Waals surface area contributed by atoms with Crippen LogP contribution in [0.25, 0.3) is 0 Å². The summed E-state index contributed by atoms with van der Waals surface area (Å²) >= 11 is 0. The van der Waals surface area contributed by atoms with E-state index >= 15 is 0 Å². The van der Waals surface area contributed by atoms with Gasteiger partial charge in [0.2, 0.25) is 0 Å². The number of hydrogen-bond donors (Lipinski definition) is 2. The Kier molecular flexibility index (Phi) is 7.16. The van der Waals surface area contributed by atoms with Gasteiger partial charge in [-0.3, -0.25) is 4.79 Å². The normalized spacial score (nSPS) is 17.0. The fourth-order valence-electron chi connectivity index (χ4n) is 4.56. The molecule has 1 aliphatic heterocycles. The van der Waals surface area contributed by atoms with Crippen LogP contribution >= 0.6 is 0 Å². The van der Waals surface area contributed by atoms with Crippen molar-refractivity contribution in [2.24, 2.45) is 5.92 Å². The highest BCUT2D eigenvalue weighted by molar-refractivity contribution is 7.90. The van der Waals surface area contributed by atoms with Gasteiger partial charge in [-0.15, -0.1) is 0 Å². The van der Waals surface area contributed by atoms with Crippen molar-refractivity contribution in [1.29, 1.82) is 0 Å². The van der Waals surface area contributed by atoms with Gasteiger partial charge in [0, 0.05) is 25.4 Å². The number of ether oxygens (including phenoxy) is 1. The molecule has 10 heteroatoms. The molecule has 1 atom stereocenters. The Balaban J connectivity index is 0.00000380. The number of sulfonamides is 1. The largest absolute Gasteiger partial charge is 0.494 e. The summed E-state index contributed by atoms with van der Waals surface area (Å²) in [4.78, 5) is 23.9. The molecule has 2 aromatic heterocycles. The van der Waals surface area contributed by atoms with Gasteiger partial charge in [-0.1, -0.05) is 13.0 Å². The fourth-order valence-corrected chi connectivity index (χ4v) is 5.50. The van der Waals surface area contributed by atoms with Gasteiger partial charge in [0.15, 0.2) is 5.03 Å². The highest BCUT2D eigenvalue weighted by Gasteiger charge is 2.39. The minimum atomic E-state index is -4.23. The van der Waals surface area contributed by atoms with Crippen LogP contribution in [0.4, 0.5) is 17.3 Å². The number of amides is 1. The van der Waals surface area contributed by atoms with E-state index in [1.165, 1.54) is 6.07 Å². The van der Waals surface area contributed by atoms with Crippen molar-refractivity contribution in [2.75, 3.05) is 23.4 Å². The van der Waals surface area contributed by atoms with Crippen LogP contribution < -0.4 is 19.7 Å². The number of carbonyl (C=O) groups excluding carboxylic acids is 1. The van der Waals surface area contributed by atoms with Crippen molar-refractivity contribution in [3.8, 4) is 5.75 Å². The molecule has 1 aliphatic rings. The highest BCUT2D eigenvalue weighted by atomic mass is 32.2. The predicted molar refractivity (Wildman–Crippen MR) is 141 cm³/mol. The number of anilines is 3. The van der Waals surface area contributed by atoms with Crippen LogP contribution in [0.5, 0.6) is 5.75 Å². The van der Waals surface area contributed by atoms with Crippen molar-refractivity contribution >= 4 is 33.3 Å². The Bertz CT molecular complexity index is 1350. The first kappa shape index (κ1) is 25.4. The van der Waals surface area contributed by atoms with Crippen LogP contribution in [0.15, 0.2) is 65.8 Å². The maximum atomic E-state index is 13.2. The molecule has 3 aromatic rings. The molecule has 0 aliphatic carbocycles. The molecule has 0 spiro atoms. The van der Waals surface area contributed by atoms with Gasteiger partial charge < -0.3 is 15.0 Å². The van der Waals surface area contributed by atoms with Crippen molar-refractivity contribution in [2.45, 2.75) is 44.7 Å². The zero-order valence-corrected chi connectivity index (χ0v) is 21.7. The first-order chi connectivity index (χ1) is 17.1. The van der Waals surface area contributed by atoms with E-state index in [4.69, 9.17) is 4.74 Å². The van der Waals surface area contributed by atoms with Gasteiger partial charge in [-0.25, -0.2) is 14.7 Å². The Morgan fingerprint density at radius 3 is 2.58 bits per heavy atom. The summed E-state index contributed by atoms with van der Waals surface area (Å²) in [6.07, 6.45) is 2.55. The van der Waals surface area contributed by atoms with Crippen LogP contribution in [-0.4, -0.2) is 43.0 Å². The molecule has 2 N–H and O–H groups in total. The van der Waals surface area contributed by atoms with Gasteiger partial charge >= 0.3 is 0 Å². The zero-order valence-electron chi connectivity index (χ0n) is 20.9. The molecule has 0 bridgehead atoms. The smallest absolute Gasteiger partial charge is 0.281 e. The van der Waals surface area contributed by atoms with E-state index in [9.17, 15) is 13.2 Å². The third kappa shape index (κ3) is 5.59. The molecule has 1 saturated heterocycles. The van der Waals surface area contributed by atoms with E-state index in [0.29, 0.717) is 29.8 Å². The summed E-state index contributed by atoms with van der Waals surface area (Å²) < 4.78 is 33.8. The van der Waals surface area contributed by atoms with Crippen molar-refractivity contribution < 1.29 is 19.4 Å². The highest BCUT2D eigenvalue weighted by Crippen LogP contribution is 2.37. The second kappa shape index (κ2) is 10.1. The lowest BCUT2D eigenvalue weighted by atomic mass is 9.97. The molecule has 0 radical (unpaired) electrons.